The molecule has 3 unspecified atom stereocenters. The minimum Gasteiger partial charge on any atom is -0.373 e. The first-order valence-corrected chi connectivity index (χ1v) is 8.56. The van der Waals surface area contributed by atoms with Crippen molar-refractivity contribution >= 4 is 10.0 Å². The zero-order valence-electron chi connectivity index (χ0n) is 11.8. The van der Waals surface area contributed by atoms with E-state index in [9.17, 15) is 12.8 Å². The van der Waals surface area contributed by atoms with Gasteiger partial charge in [-0.1, -0.05) is 0 Å². The number of sulfonamides is 1. The lowest BCUT2D eigenvalue weighted by Gasteiger charge is -2.21. The molecule has 2 heterocycles. The van der Waals surface area contributed by atoms with Crippen molar-refractivity contribution in [3.63, 3.8) is 0 Å². The van der Waals surface area contributed by atoms with Crippen LogP contribution >= 0.6 is 0 Å². The van der Waals surface area contributed by atoms with Gasteiger partial charge in [-0.25, -0.2) is 17.5 Å². The fourth-order valence-electron chi connectivity index (χ4n) is 3.13. The molecule has 0 spiro atoms. The lowest BCUT2D eigenvalue weighted by molar-refractivity contribution is 0.0996. The van der Waals surface area contributed by atoms with Crippen LogP contribution in [-0.2, 0) is 21.3 Å². The quantitative estimate of drug-likeness (QED) is 0.875. The lowest BCUT2D eigenvalue weighted by Crippen LogP contribution is -2.41. The average Bonchev–Trinajstić information content (AvgIpc) is 3.03. The fourth-order valence-corrected chi connectivity index (χ4v) is 4.71. The van der Waals surface area contributed by atoms with E-state index in [0.29, 0.717) is 12.0 Å². The number of ether oxygens (including phenoxy) is 1. The van der Waals surface area contributed by atoms with Gasteiger partial charge in [0.05, 0.1) is 23.1 Å². The highest BCUT2D eigenvalue weighted by Gasteiger charge is 2.42. The topological polar surface area (TPSA) is 81.4 Å². The molecule has 3 rings (SSSR count). The van der Waals surface area contributed by atoms with Crippen LogP contribution in [0.1, 0.15) is 30.4 Å². The molecule has 3 N–H and O–H groups in total. The van der Waals surface area contributed by atoms with Crippen LogP contribution in [0.25, 0.3) is 0 Å². The summed E-state index contributed by atoms with van der Waals surface area (Å²) in [6, 6.07) is 2.49. The Morgan fingerprint density at radius 1 is 1.43 bits per heavy atom. The minimum absolute atomic E-state index is 0.0364. The number of fused-ring (bicyclic) bond motifs is 2. The first-order chi connectivity index (χ1) is 9.90. The molecule has 1 aromatic carbocycles. The first kappa shape index (κ1) is 14.9. The molecule has 2 fully saturated rings. The van der Waals surface area contributed by atoms with Crippen LogP contribution in [-0.4, -0.2) is 26.7 Å². The van der Waals surface area contributed by atoms with E-state index in [1.165, 1.54) is 19.1 Å². The van der Waals surface area contributed by atoms with Crippen LogP contribution in [0.15, 0.2) is 17.0 Å². The number of hydrogen-bond donors (Lipinski definition) is 2. The van der Waals surface area contributed by atoms with E-state index >= 15 is 0 Å². The third-order valence-corrected chi connectivity index (χ3v) is 5.91. The number of rotatable bonds is 4. The zero-order chi connectivity index (χ0) is 15.2. The van der Waals surface area contributed by atoms with Crippen LogP contribution < -0.4 is 10.5 Å². The van der Waals surface area contributed by atoms with Crippen molar-refractivity contribution in [3.05, 3.63) is 29.1 Å². The summed E-state index contributed by atoms with van der Waals surface area (Å²) < 4.78 is 47.2. The Labute approximate surface area is 123 Å². The number of nitrogens with one attached hydrogen (secondary N) is 1. The second-order valence-electron chi connectivity index (χ2n) is 5.74. The highest BCUT2D eigenvalue weighted by Crippen LogP contribution is 2.35. The van der Waals surface area contributed by atoms with E-state index in [1.807, 2.05) is 0 Å². The molecule has 3 atom stereocenters. The van der Waals surface area contributed by atoms with Crippen LogP contribution in [0.3, 0.4) is 0 Å². The molecule has 2 bridgehead atoms. The van der Waals surface area contributed by atoms with Crippen molar-refractivity contribution in [3.8, 4) is 0 Å². The molecule has 0 aliphatic carbocycles. The molecule has 1 aromatic rings. The molecular weight excluding hydrogens is 295 g/mol. The van der Waals surface area contributed by atoms with Crippen molar-refractivity contribution in [1.29, 1.82) is 0 Å². The van der Waals surface area contributed by atoms with Gasteiger partial charge >= 0.3 is 0 Å². The Bertz CT molecular complexity index is 662. The summed E-state index contributed by atoms with van der Waals surface area (Å²) in [6.45, 7) is 1.55. The second-order valence-corrected chi connectivity index (χ2v) is 7.42. The molecule has 116 valence electrons. The summed E-state index contributed by atoms with van der Waals surface area (Å²) in [6.07, 6.45) is 2.62. The Hall–Kier alpha value is -1.02. The maximum absolute atomic E-state index is 13.8. The summed E-state index contributed by atoms with van der Waals surface area (Å²) >= 11 is 0. The van der Waals surface area contributed by atoms with Gasteiger partial charge in [0.2, 0.25) is 10.0 Å². The van der Waals surface area contributed by atoms with E-state index in [0.717, 1.165) is 12.8 Å². The summed E-state index contributed by atoms with van der Waals surface area (Å²) in [5, 5.41) is 0. The number of nitrogens with two attached hydrogens (primary N) is 1. The Morgan fingerprint density at radius 2 is 2.19 bits per heavy atom. The molecule has 2 saturated heterocycles. The van der Waals surface area contributed by atoms with Gasteiger partial charge in [0, 0.05) is 12.1 Å². The van der Waals surface area contributed by atoms with Crippen molar-refractivity contribution < 1.29 is 17.5 Å². The first-order valence-electron chi connectivity index (χ1n) is 7.07. The predicted octanol–water partition coefficient (Wildman–Crippen LogP) is 1.19. The highest BCUT2D eigenvalue weighted by molar-refractivity contribution is 7.89. The predicted molar refractivity (Wildman–Crippen MR) is 75.6 cm³/mol. The SMILES string of the molecule is Cc1c(F)cc(CN)cc1S(=O)(=O)NC1CC2CCC1O2. The molecule has 0 saturated carbocycles. The number of hydrogen-bond acceptors (Lipinski definition) is 4. The van der Waals surface area contributed by atoms with Crippen LogP contribution in [0.2, 0.25) is 0 Å². The van der Waals surface area contributed by atoms with Gasteiger partial charge in [0.1, 0.15) is 5.82 Å². The number of halogens is 1. The zero-order valence-corrected chi connectivity index (χ0v) is 12.6. The lowest BCUT2D eigenvalue weighted by atomic mass is 9.96. The van der Waals surface area contributed by atoms with E-state index < -0.39 is 15.8 Å². The summed E-state index contributed by atoms with van der Waals surface area (Å²) in [5.74, 6) is -0.553. The van der Waals surface area contributed by atoms with Gasteiger partial charge in [-0.2, -0.15) is 0 Å². The maximum Gasteiger partial charge on any atom is 0.241 e. The molecule has 0 amide bonds. The van der Waals surface area contributed by atoms with E-state index in [1.54, 1.807) is 0 Å². The molecule has 0 radical (unpaired) electrons. The van der Waals surface area contributed by atoms with E-state index in [4.69, 9.17) is 10.5 Å². The van der Waals surface area contributed by atoms with E-state index in [-0.39, 0.29) is 35.3 Å². The average molecular weight is 314 g/mol. The maximum atomic E-state index is 13.8. The van der Waals surface area contributed by atoms with Gasteiger partial charge in [0.25, 0.3) is 0 Å². The molecule has 2 aliphatic heterocycles. The summed E-state index contributed by atoms with van der Waals surface area (Å²) in [4.78, 5) is -0.0364. The highest BCUT2D eigenvalue weighted by atomic mass is 32.2. The second kappa shape index (κ2) is 5.31. The normalized spacial score (nSPS) is 28.2. The third kappa shape index (κ3) is 2.70. The Kier molecular flexibility index (Phi) is 3.77. The van der Waals surface area contributed by atoms with Crippen molar-refractivity contribution in [2.24, 2.45) is 5.73 Å². The van der Waals surface area contributed by atoms with Gasteiger partial charge in [0.15, 0.2) is 0 Å². The van der Waals surface area contributed by atoms with Crippen molar-refractivity contribution in [2.75, 3.05) is 0 Å². The summed E-state index contributed by atoms with van der Waals surface area (Å²) in [7, 11) is -3.78. The number of benzene rings is 1. The molecular formula is C14H19FN2O3S. The monoisotopic (exact) mass is 314 g/mol. The van der Waals surface area contributed by atoms with Crippen LogP contribution in [0.5, 0.6) is 0 Å². The smallest absolute Gasteiger partial charge is 0.241 e. The molecule has 5 nitrogen and oxygen atoms in total. The van der Waals surface area contributed by atoms with Crippen LogP contribution in [0.4, 0.5) is 4.39 Å². The van der Waals surface area contributed by atoms with Gasteiger partial charge < -0.3 is 10.5 Å². The van der Waals surface area contributed by atoms with E-state index in [2.05, 4.69) is 4.72 Å². The van der Waals surface area contributed by atoms with Gasteiger partial charge in [-0.15, -0.1) is 0 Å². The molecule has 21 heavy (non-hydrogen) atoms. The minimum atomic E-state index is -3.78. The molecule has 2 aliphatic rings. The fraction of sp³-hybridized carbons (Fsp3) is 0.571. The standard InChI is InChI=1S/C14H19FN2O3S/c1-8-11(15)4-9(7-16)5-14(8)21(18,19)17-12-6-10-2-3-13(12)20-10/h4-5,10,12-13,17H,2-3,6-7,16H2,1H3. The van der Waals surface area contributed by atoms with Gasteiger partial charge in [-0.05, 0) is 43.9 Å². The van der Waals surface area contributed by atoms with Crippen LogP contribution in [0, 0.1) is 12.7 Å². The van der Waals surface area contributed by atoms with Crippen molar-refractivity contribution in [1.82, 2.24) is 4.72 Å². The molecule has 0 aromatic heterocycles. The van der Waals surface area contributed by atoms with Gasteiger partial charge in [-0.3, -0.25) is 0 Å². The Balaban J connectivity index is 1.89. The van der Waals surface area contributed by atoms with Crippen molar-refractivity contribution in [2.45, 2.75) is 55.9 Å². The summed E-state index contributed by atoms with van der Waals surface area (Å²) in [5.41, 5.74) is 6.07. The largest absolute Gasteiger partial charge is 0.373 e. The third-order valence-electron chi connectivity index (χ3n) is 4.29. The Morgan fingerprint density at radius 3 is 2.76 bits per heavy atom. The molecule has 7 heteroatoms.